The molecule has 0 unspecified atom stereocenters. The molecule has 0 fully saturated rings. The maximum atomic E-state index is 11.4. The second kappa shape index (κ2) is 8.78. The molecule has 0 aliphatic carbocycles. The molecule has 2 aromatic heterocycles. The minimum atomic E-state index is -1.96. The molecule has 6 nitrogen and oxygen atoms in total. The number of rotatable bonds is 2. The van der Waals surface area contributed by atoms with Crippen LogP contribution in [-0.2, 0) is 14.1 Å². The van der Waals surface area contributed by atoms with Crippen molar-refractivity contribution in [2.45, 2.75) is 7.59 Å². The molecule has 0 bridgehead atoms. The van der Waals surface area contributed by atoms with Crippen molar-refractivity contribution in [2.24, 2.45) is 14.1 Å². The summed E-state index contributed by atoms with van der Waals surface area (Å²) in [6.45, 7) is 0. The van der Waals surface area contributed by atoms with Crippen molar-refractivity contribution in [3.05, 3.63) is 34.8 Å². The summed E-state index contributed by atoms with van der Waals surface area (Å²) in [7, 11) is 3.29. The number of halogens is 7. The summed E-state index contributed by atoms with van der Waals surface area (Å²) in [6.07, 6.45) is 4.66. The molecule has 2 rings (SSSR count). The fourth-order valence-corrected chi connectivity index (χ4v) is 2.46. The van der Waals surface area contributed by atoms with Crippen LogP contribution >= 0.6 is 85.5 Å². The SMILES string of the molecule is Cn1cc(Br)nc1C(=O)C(Cl)(Cl)Cl.Cn1ccnc1C(=O)C(Cl)(Cl)Cl. The Morgan fingerprint density at radius 1 is 0.960 bits per heavy atom. The van der Waals surface area contributed by atoms with Gasteiger partial charge in [0, 0.05) is 32.7 Å². The topological polar surface area (TPSA) is 69.8 Å². The summed E-state index contributed by atoms with van der Waals surface area (Å²) in [5, 5.41) is 0. The number of carbonyl (C=O) groups is 2. The maximum Gasteiger partial charge on any atom is 0.256 e. The van der Waals surface area contributed by atoms with Crippen molar-refractivity contribution in [2.75, 3.05) is 0 Å². The lowest BCUT2D eigenvalue weighted by atomic mass is 10.4. The van der Waals surface area contributed by atoms with E-state index >= 15 is 0 Å². The first-order valence-electron chi connectivity index (χ1n) is 6.14. The first kappa shape index (κ1) is 23.0. The van der Waals surface area contributed by atoms with Crippen LogP contribution in [0, 0.1) is 0 Å². The van der Waals surface area contributed by atoms with Crippen LogP contribution in [0.3, 0.4) is 0 Å². The van der Waals surface area contributed by atoms with Crippen molar-refractivity contribution >= 4 is 97.1 Å². The van der Waals surface area contributed by atoms with Gasteiger partial charge in [-0.3, -0.25) is 9.59 Å². The monoisotopic (exact) mass is 530 g/mol. The van der Waals surface area contributed by atoms with Gasteiger partial charge < -0.3 is 9.13 Å². The van der Waals surface area contributed by atoms with Crippen LogP contribution in [0.2, 0.25) is 0 Å². The Balaban J connectivity index is 0.000000251. The Labute approximate surface area is 181 Å². The molecule has 0 amide bonds. The van der Waals surface area contributed by atoms with E-state index in [1.165, 1.54) is 15.3 Å². The summed E-state index contributed by atoms with van der Waals surface area (Å²) in [5.41, 5.74) is 0. The van der Waals surface area contributed by atoms with Crippen LogP contribution < -0.4 is 0 Å². The maximum absolute atomic E-state index is 11.4. The second-order valence-corrected chi connectivity index (χ2v) is 9.89. The molecule has 0 radical (unpaired) electrons. The smallest absolute Gasteiger partial charge is 0.256 e. The van der Waals surface area contributed by atoms with Crippen molar-refractivity contribution in [3.8, 4) is 0 Å². The second-order valence-electron chi connectivity index (χ2n) is 4.51. The molecule has 0 atom stereocenters. The molecule has 0 saturated carbocycles. The zero-order valence-corrected chi connectivity index (χ0v) is 18.6. The minimum Gasteiger partial charge on any atom is -0.331 e. The lowest BCUT2D eigenvalue weighted by Gasteiger charge is -2.07. The number of ketones is 2. The molecule has 138 valence electrons. The van der Waals surface area contributed by atoms with E-state index in [-0.39, 0.29) is 11.6 Å². The normalized spacial score (nSPS) is 11.7. The first-order valence-corrected chi connectivity index (χ1v) is 9.20. The molecule has 0 aromatic carbocycles. The average molecular weight is 534 g/mol. The molecule has 2 heterocycles. The van der Waals surface area contributed by atoms with E-state index in [0.29, 0.717) is 4.60 Å². The fourth-order valence-electron chi connectivity index (χ4n) is 1.48. The molecule has 0 aliphatic rings. The number of hydrogen-bond donors (Lipinski definition) is 0. The van der Waals surface area contributed by atoms with Gasteiger partial charge in [-0.05, 0) is 15.9 Å². The molecule has 0 spiro atoms. The molecule has 13 heteroatoms. The van der Waals surface area contributed by atoms with E-state index in [1.54, 1.807) is 26.5 Å². The third-order valence-corrected chi connectivity index (χ3v) is 4.00. The predicted octanol–water partition coefficient (Wildman–Crippen LogP) is 4.71. The number of Topliss-reactive ketones (excluding diaryl/α,β-unsaturated/α-hetero) is 2. The Morgan fingerprint density at radius 2 is 1.44 bits per heavy atom. The van der Waals surface area contributed by atoms with Crippen molar-refractivity contribution in [3.63, 3.8) is 0 Å². The average Bonchev–Trinajstić information content (AvgIpc) is 3.01. The van der Waals surface area contributed by atoms with Gasteiger partial charge in [0.1, 0.15) is 4.60 Å². The molecule has 0 N–H and O–H groups in total. The standard InChI is InChI=1S/C6H4BrCl3N2O.C6H5Cl3N2O/c1-12-2-3(7)11-5(12)4(13)6(8,9)10;1-11-3-2-10-5(11)4(12)6(7,8)9/h2H,1H3;2-3H,1H3. The number of imidazole rings is 2. The highest BCUT2D eigenvalue weighted by Gasteiger charge is 2.35. The number of carbonyl (C=O) groups excluding carboxylic acids is 2. The van der Waals surface area contributed by atoms with Gasteiger partial charge in [-0.2, -0.15) is 0 Å². The van der Waals surface area contributed by atoms with Crippen LogP contribution in [-0.4, -0.2) is 38.3 Å². The van der Waals surface area contributed by atoms with Crippen molar-refractivity contribution in [1.82, 2.24) is 19.1 Å². The first-order chi connectivity index (χ1) is 11.2. The Bertz CT molecular complexity index is 777. The molecular formula is C12H9BrCl6N4O2. The third kappa shape index (κ3) is 6.57. The largest absolute Gasteiger partial charge is 0.331 e. The zero-order chi connectivity index (χ0) is 19.6. The van der Waals surface area contributed by atoms with Crippen LogP contribution in [0.25, 0.3) is 0 Å². The van der Waals surface area contributed by atoms with Gasteiger partial charge >= 0.3 is 0 Å². The Morgan fingerprint density at radius 3 is 1.76 bits per heavy atom. The fraction of sp³-hybridized carbons (Fsp3) is 0.333. The quantitative estimate of drug-likeness (QED) is 0.414. The number of hydrogen-bond acceptors (Lipinski definition) is 4. The van der Waals surface area contributed by atoms with Gasteiger partial charge in [0.2, 0.25) is 11.6 Å². The van der Waals surface area contributed by atoms with E-state index in [9.17, 15) is 9.59 Å². The summed E-state index contributed by atoms with van der Waals surface area (Å²) < 4.78 is -0.400. The molecular weight excluding hydrogens is 525 g/mol. The predicted molar refractivity (Wildman–Crippen MR) is 103 cm³/mol. The molecule has 25 heavy (non-hydrogen) atoms. The summed E-state index contributed by atoms with van der Waals surface area (Å²) >= 11 is 35.5. The van der Waals surface area contributed by atoms with E-state index in [0.717, 1.165) is 0 Å². The summed E-state index contributed by atoms with van der Waals surface area (Å²) in [6, 6.07) is 0. The van der Waals surface area contributed by atoms with Gasteiger partial charge in [0.05, 0.1) is 0 Å². The summed E-state index contributed by atoms with van der Waals surface area (Å²) in [5.74, 6) is -1.03. The molecule has 0 aliphatic heterocycles. The number of nitrogens with zero attached hydrogens (tertiary/aromatic N) is 4. The lowest BCUT2D eigenvalue weighted by molar-refractivity contribution is 0.0976. The Hall–Kier alpha value is -0.0200. The van der Waals surface area contributed by atoms with Crippen molar-refractivity contribution in [1.29, 1.82) is 0 Å². The summed E-state index contributed by atoms with van der Waals surface area (Å²) in [4.78, 5) is 30.3. The van der Waals surface area contributed by atoms with E-state index in [1.807, 2.05) is 0 Å². The van der Waals surface area contributed by atoms with Crippen LogP contribution in [0.15, 0.2) is 23.2 Å². The van der Waals surface area contributed by atoms with E-state index < -0.39 is 19.2 Å². The van der Waals surface area contributed by atoms with Gasteiger partial charge in [0.15, 0.2) is 11.6 Å². The van der Waals surface area contributed by atoms with Crippen LogP contribution in [0.1, 0.15) is 21.2 Å². The van der Waals surface area contributed by atoms with E-state index in [2.05, 4.69) is 25.9 Å². The van der Waals surface area contributed by atoms with Gasteiger partial charge in [0.25, 0.3) is 7.59 Å². The highest BCUT2D eigenvalue weighted by molar-refractivity contribution is 9.10. The third-order valence-electron chi connectivity index (χ3n) is 2.59. The highest BCUT2D eigenvalue weighted by Crippen LogP contribution is 2.30. The van der Waals surface area contributed by atoms with Gasteiger partial charge in [-0.15, -0.1) is 0 Å². The highest BCUT2D eigenvalue weighted by atomic mass is 79.9. The van der Waals surface area contributed by atoms with Crippen LogP contribution in [0.4, 0.5) is 0 Å². The zero-order valence-electron chi connectivity index (χ0n) is 12.5. The molecule has 0 saturated heterocycles. The van der Waals surface area contributed by atoms with Crippen LogP contribution in [0.5, 0.6) is 0 Å². The number of aromatic nitrogens is 4. The van der Waals surface area contributed by atoms with Crippen molar-refractivity contribution < 1.29 is 9.59 Å². The minimum absolute atomic E-state index is 0.104. The van der Waals surface area contributed by atoms with E-state index in [4.69, 9.17) is 69.6 Å². The van der Waals surface area contributed by atoms with Gasteiger partial charge in [-0.25, -0.2) is 9.97 Å². The lowest BCUT2D eigenvalue weighted by Crippen LogP contribution is -2.22. The number of alkyl halides is 6. The Kier molecular flexibility index (Phi) is 8.08. The molecule has 2 aromatic rings. The number of aryl methyl sites for hydroxylation is 2. The van der Waals surface area contributed by atoms with Gasteiger partial charge in [-0.1, -0.05) is 69.6 Å².